The number of benzene rings is 3. The molecule has 0 aromatic heterocycles. The van der Waals surface area contributed by atoms with Gasteiger partial charge in [-0.15, -0.1) is 0 Å². The number of carbonyl (C=O) groups excluding carboxylic acids is 1. The number of rotatable bonds is 9. The molecule has 0 heterocycles. The fraction of sp³-hybridized carbons (Fsp3) is 0.174. The Morgan fingerprint density at radius 3 is 2.13 bits per heavy atom. The molecule has 0 aliphatic carbocycles. The Kier molecular flexibility index (Phi) is 7.21. The van der Waals surface area contributed by atoms with Crippen LogP contribution >= 0.6 is 0 Å². The van der Waals surface area contributed by atoms with Crippen LogP contribution < -0.4 is 14.8 Å². The van der Waals surface area contributed by atoms with Crippen LogP contribution in [0.2, 0.25) is 0 Å². The average molecular weight is 425 g/mol. The fourth-order valence-electron chi connectivity index (χ4n) is 2.78. The van der Waals surface area contributed by atoms with E-state index in [1.165, 1.54) is 12.1 Å². The zero-order valence-electron chi connectivity index (χ0n) is 16.6. The molecule has 7 heteroatoms. The van der Waals surface area contributed by atoms with Gasteiger partial charge in [-0.1, -0.05) is 48.5 Å². The second kappa shape index (κ2) is 10.0. The number of para-hydroxylation sites is 1. The molecule has 6 nitrogen and oxygen atoms in total. The van der Waals surface area contributed by atoms with Crippen molar-refractivity contribution >= 4 is 21.6 Å². The minimum absolute atomic E-state index is 0.141. The van der Waals surface area contributed by atoms with Crippen molar-refractivity contribution < 1.29 is 17.9 Å². The molecule has 1 amide bonds. The summed E-state index contributed by atoms with van der Waals surface area (Å²) in [6.45, 7) is 1.96. The third kappa shape index (κ3) is 6.17. The van der Waals surface area contributed by atoms with Gasteiger partial charge in [-0.3, -0.25) is 4.79 Å². The zero-order chi connectivity index (χ0) is 21.4. The smallest absolute Gasteiger partial charge is 0.265 e. The standard InChI is InChI=1S/C23H24N2O4S/c1-18(29-21-10-6-3-7-11-21)23(26)25-20-12-14-22(15-13-20)30(27,28)24-17-16-19-8-4-2-5-9-19/h2-15,18,24H,16-17H2,1H3,(H,25,26)/t18-/m0/s1. The van der Waals surface area contributed by atoms with Crippen LogP contribution in [0.4, 0.5) is 5.69 Å². The highest BCUT2D eigenvalue weighted by Crippen LogP contribution is 2.16. The Morgan fingerprint density at radius 1 is 0.900 bits per heavy atom. The minimum atomic E-state index is -3.62. The zero-order valence-corrected chi connectivity index (χ0v) is 17.4. The largest absolute Gasteiger partial charge is 0.481 e. The lowest BCUT2D eigenvalue weighted by Crippen LogP contribution is -2.30. The van der Waals surface area contributed by atoms with Gasteiger partial charge in [0.2, 0.25) is 10.0 Å². The summed E-state index contributed by atoms with van der Waals surface area (Å²) in [4.78, 5) is 12.4. The molecule has 3 aromatic carbocycles. The molecule has 1 atom stereocenters. The van der Waals surface area contributed by atoms with E-state index >= 15 is 0 Å². The lowest BCUT2D eigenvalue weighted by atomic mass is 10.2. The van der Waals surface area contributed by atoms with E-state index in [0.29, 0.717) is 24.4 Å². The van der Waals surface area contributed by atoms with Crippen LogP contribution in [-0.4, -0.2) is 27.0 Å². The van der Waals surface area contributed by atoms with Crippen LogP contribution in [-0.2, 0) is 21.2 Å². The molecule has 30 heavy (non-hydrogen) atoms. The molecule has 0 unspecified atom stereocenters. The van der Waals surface area contributed by atoms with E-state index in [1.54, 1.807) is 31.2 Å². The van der Waals surface area contributed by atoms with Crippen LogP contribution in [0.3, 0.4) is 0 Å². The number of sulfonamides is 1. The molecule has 3 aromatic rings. The van der Waals surface area contributed by atoms with E-state index in [-0.39, 0.29) is 10.8 Å². The normalized spacial score (nSPS) is 12.2. The third-order valence-corrected chi connectivity index (χ3v) is 5.88. The number of anilines is 1. The highest BCUT2D eigenvalue weighted by atomic mass is 32.2. The van der Waals surface area contributed by atoms with Crippen molar-refractivity contribution in [2.75, 3.05) is 11.9 Å². The molecule has 0 radical (unpaired) electrons. The van der Waals surface area contributed by atoms with Gasteiger partial charge >= 0.3 is 0 Å². The number of hydrogen-bond donors (Lipinski definition) is 2. The Hall–Kier alpha value is -3.16. The van der Waals surface area contributed by atoms with Crippen LogP contribution in [0.15, 0.2) is 89.8 Å². The van der Waals surface area contributed by atoms with Gasteiger partial charge in [0, 0.05) is 12.2 Å². The van der Waals surface area contributed by atoms with Gasteiger partial charge in [-0.05, 0) is 55.3 Å². The number of nitrogens with one attached hydrogen (secondary N) is 2. The van der Waals surface area contributed by atoms with E-state index < -0.39 is 16.1 Å². The minimum Gasteiger partial charge on any atom is -0.481 e. The van der Waals surface area contributed by atoms with Crippen LogP contribution in [0, 0.1) is 0 Å². The molecule has 0 saturated carbocycles. The van der Waals surface area contributed by atoms with Crippen molar-refractivity contribution in [3.63, 3.8) is 0 Å². The van der Waals surface area contributed by atoms with Crippen LogP contribution in [0.5, 0.6) is 5.75 Å². The molecule has 3 rings (SSSR count). The molecule has 0 fully saturated rings. The van der Waals surface area contributed by atoms with Crippen molar-refractivity contribution in [2.24, 2.45) is 0 Å². The highest BCUT2D eigenvalue weighted by Gasteiger charge is 2.16. The van der Waals surface area contributed by atoms with Gasteiger partial charge in [-0.25, -0.2) is 13.1 Å². The summed E-state index contributed by atoms with van der Waals surface area (Å²) in [5.74, 6) is 0.276. The van der Waals surface area contributed by atoms with E-state index in [0.717, 1.165) is 5.56 Å². The SMILES string of the molecule is C[C@H](Oc1ccccc1)C(=O)Nc1ccc(S(=O)(=O)NCCc2ccccc2)cc1. The van der Waals surface area contributed by atoms with Crippen LogP contribution in [0.1, 0.15) is 12.5 Å². The number of carbonyl (C=O) groups is 1. The lowest BCUT2D eigenvalue weighted by molar-refractivity contribution is -0.122. The first-order chi connectivity index (χ1) is 14.4. The van der Waals surface area contributed by atoms with Gasteiger partial charge in [0.25, 0.3) is 5.91 Å². The summed E-state index contributed by atoms with van der Waals surface area (Å²) < 4.78 is 33.1. The first kappa shape index (κ1) is 21.5. The van der Waals surface area contributed by atoms with Crippen molar-refractivity contribution in [1.29, 1.82) is 0 Å². The van der Waals surface area contributed by atoms with Crippen molar-refractivity contribution in [2.45, 2.75) is 24.3 Å². The van der Waals surface area contributed by atoms with Gasteiger partial charge in [0.15, 0.2) is 6.10 Å². The maximum absolute atomic E-state index is 12.4. The molecule has 0 aliphatic rings. The van der Waals surface area contributed by atoms with Crippen molar-refractivity contribution in [3.05, 3.63) is 90.5 Å². The summed E-state index contributed by atoms with van der Waals surface area (Å²) in [7, 11) is -3.62. The molecule has 0 saturated heterocycles. The molecular weight excluding hydrogens is 400 g/mol. The summed E-state index contributed by atoms with van der Waals surface area (Å²) >= 11 is 0. The first-order valence-electron chi connectivity index (χ1n) is 9.60. The topological polar surface area (TPSA) is 84.5 Å². The summed E-state index contributed by atoms with van der Waals surface area (Å²) in [5, 5.41) is 2.73. The Morgan fingerprint density at radius 2 is 1.50 bits per heavy atom. The lowest BCUT2D eigenvalue weighted by Gasteiger charge is -2.15. The number of ether oxygens (including phenoxy) is 1. The Labute approximate surface area is 177 Å². The van der Waals surface area contributed by atoms with Gasteiger partial charge in [0.05, 0.1) is 4.90 Å². The molecule has 0 aliphatic heterocycles. The highest BCUT2D eigenvalue weighted by molar-refractivity contribution is 7.89. The summed E-state index contributed by atoms with van der Waals surface area (Å²) in [6.07, 6.45) is -0.0940. The summed E-state index contributed by atoms with van der Waals surface area (Å²) in [6, 6.07) is 24.8. The van der Waals surface area contributed by atoms with E-state index in [1.807, 2.05) is 48.5 Å². The van der Waals surface area contributed by atoms with E-state index in [4.69, 9.17) is 4.74 Å². The predicted octanol–water partition coefficient (Wildman–Crippen LogP) is 3.61. The maximum atomic E-state index is 12.4. The Bertz CT molecular complexity index is 1050. The molecule has 0 bridgehead atoms. The maximum Gasteiger partial charge on any atom is 0.265 e. The fourth-order valence-corrected chi connectivity index (χ4v) is 3.81. The Balaban J connectivity index is 1.53. The van der Waals surface area contributed by atoms with Crippen LogP contribution in [0.25, 0.3) is 0 Å². The number of amides is 1. The van der Waals surface area contributed by atoms with E-state index in [9.17, 15) is 13.2 Å². The average Bonchev–Trinajstić information content (AvgIpc) is 2.75. The van der Waals surface area contributed by atoms with E-state index in [2.05, 4.69) is 10.0 Å². The second-order valence-electron chi connectivity index (χ2n) is 6.72. The summed E-state index contributed by atoms with van der Waals surface area (Å²) in [5.41, 5.74) is 1.55. The van der Waals surface area contributed by atoms with Gasteiger partial charge < -0.3 is 10.1 Å². The first-order valence-corrected chi connectivity index (χ1v) is 11.1. The predicted molar refractivity (Wildman–Crippen MR) is 117 cm³/mol. The molecule has 2 N–H and O–H groups in total. The second-order valence-corrected chi connectivity index (χ2v) is 8.49. The molecular formula is C23H24N2O4S. The van der Waals surface area contributed by atoms with Crippen molar-refractivity contribution in [3.8, 4) is 5.75 Å². The van der Waals surface area contributed by atoms with Gasteiger partial charge in [0.1, 0.15) is 5.75 Å². The third-order valence-electron chi connectivity index (χ3n) is 4.41. The molecule has 0 spiro atoms. The van der Waals surface area contributed by atoms with Gasteiger partial charge in [-0.2, -0.15) is 0 Å². The monoisotopic (exact) mass is 424 g/mol. The number of hydrogen-bond acceptors (Lipinski definition) is 4. The van der Waals surface area contributed by atoms with Crippen molar-refractivity contribution in [1.82, 2.24) is 4.72 Å². The molecule has 156 valence electrons. The quantitative estimate of drug-likeness (QED) is 0.550.